The third kappa shape index (κ3) is 3.68. The average Bonchev–Trinajstić information content (AvgIpc) is 2.55. The van der Waals surface area contributed by atoms with E-state index in [1.54, 1.807) is 12.1 Å². The fourth-order valence-corrected chi connectivity index (χ4v) is 2.20. The van der Waals surface area contributed by atoms with Crippen molar-refractivity contribution in [2.24, 2.45) is 11.7 Å². The molecule has 1 amide bonds. The number of carbonyl (C=O) groups excluding carboxylic acids is 1. The van der Waals surface area contributed by atoms with Crippen LogP contribution in [0.5, 0.6) is 0 Å². The van der Waals surface area contributed by atoms with Crippen molar-refractivity contribution in [3.05, 3.63) is 58.4 Å². The van der Waals surface area contributed by atoms with E-state index in [9.17, 15) is 9.59 Å². The Kier molecular flexibility index (Phi) is 5.01. The van der Waals surface area contributed by atoms with E-state index in [-0.39, 0.29) is 11.5 Å². The molecule has 4 N–H and O–H groups in total. The number of hydrogen-bond acceptors (Lipinski definition) is 3. The highest BCUT2D eigenvalue weighted by Gasteiger charge is 2.29. The van der Waals surface area contributed by atoms with Gasteiger partial charge in [0, 0.05) is 12.2 Å². The Balaban J connectivity index is 2.28. The SMILES string of the molecule is CC(C)C(C)(CN)NC(=O)c1ccc(-c2ccccc2)[nH]c1=O. The minimum absolute atomic E-state index is 0.0880. The standard InChI is InChI=1S/C18H23N3O2/c1-12(2)18(3,11-19)21-17(23)14-9-10-15(20-16(14)22)13-7-5-4-6-8-13/h4-10,12H,11,19H2,1-3H3,(H,20,22)(H,21,23). The summed E-state index contributed by atoms with van der Waals surface area (Å²) in [7, 11) is 0. The second kappa shape index (κ2) is 6.79. The molecule has 0 radical (unpaired) electrons. The Hall–Kier alpha value is -2.40. The van der Waals surface area contributed by atoms with Gasteiger partial charge in [-0.1, -0.05) is 44.2 Å². The Bertz CT molecular complexity index is 737. The Morgan fingerprint density at radius 1 is 1.22 bits per heavy atom. The molecular formula is C18H23N3O2. The maximum atomic E-state index is 12.4. The summed E-state index contributed by atoms with van der Waals surface area (Å²) in [4.78, 5) is 27.4. The molecule has 1 unspecified atom stereocenters. The van der Waals surface area contributed by atoms with Crippen molar-refractivity contribution in [2.75, 3.05) is 6.54 Å². The van der Waals surface area contributed by atoms with E-state index < -0.39 is 17.0 Å². The highest BCUT2D eigenvalue weighted by molar-refractivity contribution is 5.94. The molecule has 0 saturated carbocycles. The fraction of sp³-hybridized carbons (Fsp3) is 0.333. The molecule has 23 heavy (non-hydrogen) atoms. The van der Waals surface area contributed by atoms with Crippen LogP contribution in [0.15, 0.2) is 47.3 Å². The van der Waals surface area contributed by atoms with Crippen molar-refractivity contribution in [1.29, 1.82) is 0 Å². The molecule has 1 aromatic carbocycles. The number of nitrogens with one attached hydrogen (secondary N) is 2. The molecular weight excluding hydrogens is 290 g/mol. The van der Waals surface area contributed by atoms with Crippen LogP contribution in [0, 0.1) is 5.92 Å². The van der Waals surface area contributed by atoms with Crippen LogP contribution in [0.25, 0.3) is 11.3 Å². The van der Waals surface area contributed by atoms with E-state index in [1.807, 2.05) is 51.1 Å². The van der Waals surface area contributed by atoms with Gasteiger partial charge in [-0.2, -0.15) is 0 Å². The van der Waals surface area contributed by atoms with Crippen LogP contribution in [-0.4, -0.2) is 23.0 Å². The van der Waals surface area contributed by atoms with Gasteiger partial charge in [-0.15, -0.1) is 0 Å². The van der Waals surface area contributed by atoms with Crippen molar-refractivity contribution in [3.8, 4) is 11.3 Å². The van der Waals surface area contributed by atoms with E-state index in [0.717, 1.165) is 5.56 Å². The van der Waals surface area contributed by atoms with Crippen LogP contribution in [0.4, 0.5) is 0 Å². The summed E-state index contributed by atoms with van der Waals surface area (Å²) in [6, 6.07) is 12.8. The van der Waals surface area contributed by atoms with Crippen molar-refractivity contribution in [2.45, 2.75) is 26.3 Å². The number of pyridine rings is 1. The zero-order valence-electron chi connectivity index (χ0n) is 13.7. The highest BCUT2D eigenvalue weighted by atomic mass is 16.2. The van der Waals surface area contributed by atoms with Crippen molar-refractivity contribution in [1.82, 2.24) is 10.3 Å². The van der Waals surface area contributed by atoms with Gasteiger partial charge in [-0.05, 0) is 30.5 Å². The fourth-order valence-electron chi connectivity index (χ4n) is 2.20. The molecule has 0 bridgehead atoms. The predicted molar refractivity (Wildman–Crippen MR) is 92.3 cm³/mol. The monoisotopic (exact) mass is 313 g/mol. The molecule has 0 spiro atoms. The zero-order chi connectivity index (χ0) is 17.0. The van der Waals surface area contributed by atoms with Gasteiger partial charge >= 0.3 is 0 Å². The lowest BCUT2D eigenvalue weighted by atomic mass is 9.88. The molecule has 1 heterocycles. The van der Waals surface area contributed by atoms with Gasteiger partial charge in [-0.25, -0.2) is 0 Å². The van der Waals surface area contributed by atoms with Gasteiger partial charge in [0.1, 0.15) is 5.56 Å². The van der Waals surface area contributed by atoms with Crippen LogP contribution >= 0.6 is 0 Å². The first kappa shape index (κ1) is 17.0. The van der Waals surface area contributed by atoms with E-state index in [1.165, 1.54) is 0 Å². The number of aromatic amines is 1. The quantitative estimate of drug-likeness (QED) is 0.790. The maximum Gasteiger partial charge on any atom is 0.261 e. The molecule has 5 heteroatoms. The average molecular weight is 313 g/mol. The smallest absolute Gasteiger partial charge is 0.261 e. The second-order valence-electron chi connectivity index (χ2n) is 6.21. The molecule has 2 rings (SSSR count). The molecule has 2 aromatic rings. The van der Waals surface area contributed by atoms with E-state index in [0.29, 0.717) is 12.2 Å². The number of nitrogens with two attached hydrogens (primary N) is 1. The number of carbonyl (C=O) groups is 1. The summed E-state index contributed by atoms with van der Waals surface area (Å²) in [5.41, 5.74) is 6.47. The topological polar surface area (TPSA) is 88.0 Å². The van der Waals surface area contributed by atoms with Crippen molar-refractivity contribution in [3.63, 3.8) is 0 Å². The van der Waals surface area contributed by atoms with Crippen molar-refractivity contribution < 1.29 is 4.79 Å². The summed E-state index contributed by atoms with van der Waals surface area (Å²) >= 11 is 0. The number of hydrogen-bond donors (Lipinski definition) is 3. The first-order valence-corrected chi connectivity index (χ1v) is 7.68. The van der Waals surface area contributed by atoms with E-state index in [4.69, 9.17) is 5.73 Å². The van der Waals surface area contributed by atoms with Gasteiger partial charge in [0.05, 0.1) is 5.54 Å². The molecule has 0 aliphatic rings. The Labute approximate surface area is 135 Å². The van der Waals surface area contributed by atoms with Gasteiger partial charge in [-0.3, -0.25) is 9.59 Å². The number of rotatable bonds is 5. The molecule has 1 atom stereocenters. The molecule has 0 aliphatic carbocycles. The van der Waals surface area contributed by atoms with E-state index in [2.05, 4.69) is 10.3 Å². The lowest BCUT2D eigenvalue weighted by Crippen LogP contribution is -2.55. The molecule has 1 aromatic heterocycles. The number of aromatic nitrogens is 1. The molecule has 5 nitrogen and oxygen atoms in total. The normalized spacial score (nSPS) is 13.6. The largest absolute Gasteiger partial charge is 0.345 e. The summed E-state index contributed by atoms with van der Waals surface area (Å²) in [5, 5.41) is 2.87. The minimum atomic E-state index is -0.554. The van der Waals surface area contributed by atoms with E-state index >= 15 is 0 Å². The minimum Gasteiger partial charge on any atom is -0.345 e. The van der Waals surface area contributed by atoms with Crippen molar-refractivity contribution >= 4 is 5.91 Å². The Morgan fingerprint density at radius 2 is 1.87 bits per heavy atom. The van der Waals surface area contributed by atoms with Crippen LogP contribution in [0.1, 0.15) is 31.1 Å². The van der Waals surface area contributed by atoms with Gasteiger partial charge < -0.3 is 16.0 Å². The number of H-pyrrole nitrogens is 1. The van der Waals surface area contributed by atoms with Crippen LogP contribution in [0.3, 0.4) is 0 Å². The number of benzene rings is 1. The third-order valence-corrected chi connectivity index (χ3v) is 4.34. The lowest BCUT2D eigenvalue weighted by molar-refractivity contribution is 0.0881. The second-order valence-corrected chi connectivity index (χ2v) is 6.21. The Morgan fingerprint density at radius 3 is 2.39 bits per heavy atom. The first-order chi connectivity index (χ1) is 10.9. The molecule has 0 aliphatic heterocycles. The zero-order valence-corrected chi connectivity index (χ0v) is 13.7. The summed E-state index contributed by atoms with van der Waals surface area (Å²) in [6.45, 7) is 6.14. The molecule has 0 saturated heterocycles. The highest BCUT2D eigenvalue weighted by Crippen LogP contribution is 2.17. The third-order valence-electron chi connectivity index (χ3n) is 4.34. The van der Waals surface area contributed by atoms with Crippen LogP contribution < -0.4 is 16.6 Å². The summed E-state index contributed by atoms with van der Waals surface area (Å²) in [6.07, 6.45) is 0. The maximum absolute atomic E-state index is 12.4. The van der Waals surface area contributed by atoms with Gasteiger partial charge in [0.25, 0.3) is 11.5 Å². The molecule has 0 fully saturated rings. The first-order valence-electron chi connectivity index (χ1n) is 7.68. The van der Waals surface area contributed by atoms with Crippen LogP contribution in [-0.2, 0) is 0 Å². The summed E-state index contributed by atoms with van der Waals surface area (Å²) in [5.74, 6) is -0.258. The van der Waals surface area contributed by atoms with Crippen LogP contribution in [0.2, 0.25) is 0 Å². The predicted octanol–water partition coefficient (Wildman–Crippen LogP) is 2.15. The summed E-state index contributed by atoms with van der Waals surface area (Å²) < 4.78 is 0. The lowest BCUT2D eigenvalue weighted by Gasteiger charge is -2.33. The number of amides is 1. The molecule has 122 valence electrons. The van der Waals surface area contributed by atoms with Gasteiger partial charge in [0.15, 0.2) is 0 Å². The van der Waals surface area contributed by atoms with Gasteiger partial charge in [0.2, 0.25) is 0 Å².